The number of carbonyl (C=O) groups excluding carboxylic acids is 1. The third kappa shape index (κ3) is 4.12. The zero-order chi connectivity index (χ0) is 21.0. The van der Waals surface area contributed by atoms with Gasteiger partial charge in [-0.25, -0.2) is 4.98 Å². The SMILES string of the molecule is O=C(c1cc2nccc(NCc3cccnc3)n2n1)N1CCC(c2ccccc2)CC1. The quantitative estimate of drug-likeness (QED) is 0.540. The van der Waals surface area contributed by atoms with Gasteiger partial charge in [0.2, 0.25) is 0 Å². The van der Waals surface area contributed by atoms with Crippen LogP contribution in [0.4, 0.5) is 5.82 Å². The number of benzene rings is 1. The van der Waals surface area contributed by atoms with Crippen LogP contribution in [0.3, 0.4) is 0 Å². The number of carbonyl (C=O) groups is 1. The molecule has 1 aromatic carbocycles. The highest BCUT2D eigenvalue weighted by Gasteiger charge is 2.26. The highest BCUT2D eigenvalue weighted by molar-refractivity contribution is 5.93. The summed E-state index contributed by atoms with van der Waals surface area (Å²) in [5.41, 5.74) is 3.51. The first-order chi connectivity index (χ1) is 15.3. The van der Waals surface area contributed by atoms with Crippen molar-refractivity contribution in [2.45, 2.75) is 25.3 Å². The molecule has 1 fully saturated rings. The maximum Gasteiger partial charge on any atom is 0.274 e. The number of aromatic nitrogens is 4. The van der Waals surface area contributed by atoms with E-state index in [0.29, 0.717) is 23.8 Å². The van der Waals surface area contributed by atoms with E-state index >= 15 is 0 Å². The fourth-order valence-electron chi connectivity index (χ4n) is 4.13. The van der Waals surface area contributed by atoms with Gasteiger partial charge in [-0.15, -0.1) is 0 Å². The minimum atomic E-state index is -0.0322. The van der Waals surface area contributed by atoms with Crippen LogP contribution < -0.4 is 5.32 Å². The molecule has 3 aromatic heterocycles. The first kappa shape index (κ1) is 19.2. The van der Waals surface area contributed by atoms with Gasteiger partial charge in [0.05, 0.1) is 0 Å². The van der Waals surface area contributed by atoms with E-state index in [-0.39, 0.29) is 5.91 Å². The van der Waals surface area contributed by atoms with Gasteiger partial charge in [0.1, 0.15) is 5.82 Å². The van der Waals surface area contributed by atoms with Crippen molar-refractivity contribution in [3.63, 3.8) is 0 Å². The lowest BCUT2D eigenvalue weighted by Gasteiger charge is -2.31. The Bertz CT molecular complexity index is 1170. The van der Waals surface area contributed by atoms with Gasteiger partial charge >= 0.3 is 0 Å². The Labute approximate surface area is 180 Å². The summed E-state index contributed by atoms with van der Waals surface area (Å²) in [6, 6.07) is 18.1. The average Bonchev–Trinajstić information content (AvgIpc) is 3.29. The Morgan fingerprint density at radius 3 is 2.65 bits per heavy atom. The Kier molecular flexibility index (Phi) is 5.31. The first-order valence-corrected chi connectivity index (χ1v) is 10.6. The second-order valence-corrected chi connectivity index (χ2v) is 7.82. The molecule has 4 heterocycles. The molecule has 1 amide bonds. The molecular formula is C24H24N6O. The molecule has 0 radical (unpaired) electrons. The number of pyridine rings is 1. The highest BCUT2D eigenvalue weighted by atomic mass is 16.2. The number of fused-ring (bicyclic) bond motifs is 1. The molecule has 156 valence electrons. The number of rotatable bonds is 5. The van der Waals surface area contributed by atoms with Crippen LogP contribution in [0.25, 0.3) is 5.65 Å². The van der Waals surface area contributed by atoms with Crippen molar-refractivity contribution in [3.8, 4) is 0 Å². The third-order valence-corrected chi connectivity index (χ3v) is 5.83. The van der Waals surface area contributed by atoms with Crippen LogP contribution >= 0.6 is 0 Å². The van der Waals surface area contributed by atoms with Crippen LogP contribution in [0.15, 0.2) is 73.2 Å². The predicted molar refractivity (Wildman–Crippen MR) is 119 cm³/mol. The summed E-state index contributed by atoms with van der Waals surface area (Å²) in [4.78, 5) is 23.5. The molecule has 0 atom stereocenters. The van der Waals surface area contributed by atoms with Gasteiger partial charge in [-0.3, -0.25) is 9.78 Å². The number of hydrogen-bond donors (Lipinski definition) is 1. The second-order valence-electron chi connectivity index (χ2n) is 7.82. The number of likely N-dealkylation sites (tertiary alicyclic amines) is 1. The highest BCUT2D eigenvalue weighted by Crippen LogP contribution is 2.28. The van der Waals surface area contributed by atoms with E-state index < -0.39 is 0 Å². The van der Waals surface area contributed by atoms with Crippen LogP contribution in [0.1, 0.15) is 40.4 Å². The average molecular weight is 412 g/mol. The monoisotopic (exact) mass is 412 g/mol. The lowest BCUT2D eigenvalue weighted by Crippen LogP contribution is -2.38. The standard InChI is InChI=1S/C24H24N6O/c31-24(29-13-9-20(10-14-29)19-6-2-1-3-7-19)21-15-23-26-12-8-22(30(23)28-21)27-17-18-5-4-11-25-16-18/h1-8,11-12,15-16,20,27H,9-10,13-14,17H2. The van der Waals surface area contributed by atoms with Crippen LogP contribution in [0.5, 0.6) is 0 Å². The first-order valence-electron chi connectivity index (χ1n) is 10.6. The molecule has 7 nitrogen and oxygen atoms in total. The summed E-state index contributed by atoms with van der Waals surface area (Å²) >= 11 is 0. The minimum Gasteiger partial charge on any atom is -0.366 e. The normalized spacial score (nSPS) is 14.6. The Morgan fingerprint density at radius 2 is 1.87 bits per heavy atom. The molecule has 0 aliphatic carbocycles. The van der Waals surface area contributed by atoms with Gasteiger partial charge in [-0.05, 0) is 42.0 Å². The van der Waals surface area contributed by atoms with Crippen LogP contribution in [-0.4, -0.2) is 43.5 Å². The van der Waals surface area contributed by atoms with Gasteiger partial charge in [-0.1, -0.05) is 36.4 Å². The van der Waals surface area contributed by atoms with Gasteiger partial charge in [0.15, 0.2) is 11.3 Å². The number of nitrogens with zero attached hydrogens (tertiary/aromatic N) is 5. The zero-order valence-electron chi connectivity index (χ0n) is 17.2. The van der Waals surface area contributed by atoms with E-state index in [0.717, 1.165) is 37.3 Å². The van der Waals surface area contributed by atoms with Crippen molar-refractivity contribution in [1.82, 2.24) is 24.5 Å². The van der Waals surface area contributed by atoms with Crippen molar-refractivity contribution in [1.29, 1.82) is 0 Å². The number of hydrogen-bond acceptors (Lipinski definition) is 5. The van der Waals surface area contributed by atoms with Crippen molar-refractivity contribution in [2.75, 3.05) is 18.4 Å². The third-order valence-electron chi connectivity index (χ3n) is 5.83. The summed E-state index contributed by atoms with van der Waals surface area (Å²) in [5, 5.41) is 7.92. The van der Waals surface area contributed by atoms with Crippen LogP contribution in [0.2, 0.25) is 0 Å². The van der Waals surface area contributed by atoms with E-state index in [1.54, 1.807) is 23.0 Å². The van der Waals surface area contributed by atoms with Crippen LogP contribution in [0, 0.1) is 0 Å². The maximum absolute atomic E-state index is 13.1. The number of anilines is 1. The number of amides is 1. The Morgan fingerprint density at radius 1 is 1.03 bits per heavy atom. The topological polar surface area (TPSA) is 75.4 Å². The largest absolute Gasteiger partial charge is 0.366 e. The summed E-state index contributed by atoms with van der Waals surface area (Å²) in [5.74, 6) is 1.27. The van der Waals surface area contributed by atoms with Crippen LogP contribution in [-0.2, 0) is 6.54 Å². The van der Waals surface area contributed by atoms with Gasteiger partial charge in [0.25, 0.3) is 5.91 Å². The molecule has 7 heteroatoms. The summed E-state index contributed by atoms with van der Waals surface area (Å²) in [6.45, 7) is 2.10. The molecule has 1 N–H and O–H groups in total. The molecule has 1 aliphatic heterocycles. The van der Waals surface area contributed by atoms with E-state index in [9.17, 15) is 4.79 Å². The van der Waals surface area contributed by atoms with Crippen molar-refractivity contribution in [2.24, 2.45) is 0 Å². The molecule has 0 unspecified atom stereocenters. The summed E-state index contributed by atoms with van der Waals surface area (Å²) in [6.07, 6.45) is 7.24. The molecule has 1 saturated heterocycles. The van der Waals surface area contributed by atoms with E-state index in [2.05, 4.69) is 44.6 Å². The fourth-order valence-corrected chi connectivity index (χ4v) is 4.13. The fraction of sp³-hybridized carbons (Fsp3) is 0.250. The second kappa shape index (κ2) is 8.55. The zero-order valence-corrected chi connectivity index (χ0v) is 17.2. The Balaban J connectivity index is 1.28. The summed E-state index contributed by atoms with van der Waals surface area (Å²) < 4.78 is 1.69. The van der Waals surface area contributed by atoms with E-state index in [4.69, 9.17) is 0 Å². The van der Waals surface area contributed by atoms with Gasteiger partial charge in [-0.2, -0.15) is 9.61 Å². The predicted octanol–water partition coefficient (Wildman–Crippen LogP) is 3.76. The molecule has 0 spiro atoms. The van der Waals surface area contributed by atoms with E-state index in [1.807, 2.05) is 35.4 Å². The summed E-state index contributed by atoms with van der Waals surface area (Å²) in [7, 11) is 0. The van der Waals surface area contributed by atoms with Crippen molar-refractivity contribution >= 4 is 17.4 Å². The number of piperidine rings is 1. The maximum atomic E-state index is 13.1. The van der Waals surface area contributed by atoms with Gasteiger partial charge in [0, 0.05) is 44.3 Å². The van der Waals surface area contributed by atoms with Gasteiger partial charge < -0.3 is 10.2 Å². The molecule has 5 rings (SSSR count). The molecule has 0 bridgehead atoms. The minimum absolute atomic E-state index is 0.0322. The molecule has 31 heavy (non-hydrogen) atoms. The van der Waals surface area contributed by atoms with E-state index in [1.165, 1.54) is 5.56 Å². The van der Waals surface area contributed by atoms with Crippen molar-refractivity contribution < 1.29 is 4.79 Å². The lowest BCUT2D eigenvalue weighted by molar-refractivity contribution is 0.0706. The smallest absolute Gasteiger partial charge is 0.274 e. The Hall–Kier alpha value is -3.74. The van der Waals surface area contributed by atoms with Crippen molar-refractivity contribution in [3.05, 3.63) is 90.0 Å². The lowest BCUT2D eigenvalue weighted by atomic mass is 9.89. The molecule has 0 saturated carbocycles. The molecule has 1 aliphatic rings. The molecular weight excluding hydrogens is 388 g/mol. The number of nitrogens with one attached hydrogen (secondary N) is 1. The molecule has 4 aromatic rings.